The first-order valence-corrected chi connectivity index (χ1v) is 4.24. The summed E-state index contributed by atoms with van der Waals surface area (Å²) in [6.45, 7) is 1.63. The molecule has 1 unspecified atom stereocenters. The molecule has 0 aliphatic rings. The Kier molecular flexibility index (Phi) is 2.81. The molecule has 1 atom stereocenters. The van der Waals surface area contributed by atoms with Gasteiger partial charge in [0.25, 0.3) is 0 Å². The van der Waals surface area contributed by atoms with E-state index in [-0.39, 0.29) is 5.69 Å². The highest BCUT2D eigenvalue weighted by Crippen LogP contribution is 2.19. The molecule has 0 radical (unpaired) electrons. The highest BCUT2D eigenvalue weighted by atomic mass is 16.4. The van der Waals surface area contributed by atoms with Crippen molar-refractivity contribution >= 4 is 11.9 Å². The number of rotatable bonds is 3. The number of aromatic nitrogens is 1. The summed E-state index contributed by atoms with van der Waals surface area (Å²) < 4.78 is 1.29. The van der Waals surface area contributed by atoms with Crippen molar-refractivity contribution in [1.82, 2.24) is 4.57 Å². The van der Waals surface area contributed by atoms with Crippen LogP contribution in [0.15, 0.2) is 6.07 Å². The molecule has 4 N–H and O–H groups in total. The van der Waals surface area contributed by atoms with Crippen molar-refractivity contribution in [2.75, 3.05) is 0 Å². The summed E-state index contributed by atoms with van der Waals surface area (Å²) in [5.74, 6) is -2.29. The maximum atomic E-state index is 10.8. The van der Waals surface area contributed by atoms with E-state index in [9.17, 15) is 9.59 Å². The maximum absolute atomic E-state index is 10.8. The highest BCUT2D eigenvalue weighted by Gasteiger charge is 2.23. The van der Waals surface area contributed by atoms with Crippen molar-refractivity contribution in [2.45, 2.75) is 13.0 Å². The summed E-state index contributed by atoms with van der Waals surface area (Å²) in [5, 5.41) is 17.6. The minimum atomic E-state index is -1.21. The SMILES string of the molecule is Cc1cc(C(=O)O)n(C)c1C(N)C(=O)O. The van der Waals surface area contributed by atoms with Gasteiger partial charge in [0, 0.05) is 12.7 Å². The fourth-order valence-electron chi connectivity index (χ4n) is 1.55. The van der Waals surface area contributed by atoms with Gasteiger partial charge in [-0.1, -0.05) is 0 Å². The van der Waals surface area contributed by atoms with Crippen molar-refractivity contribution in [3.05, 3.63) is 23.0 Å². The van der Waals surface area contributed by atoms with Gasteiger partial charge in [-0.05, 0) is 18.6 Å². The van der Waals surface area contributed by atoms with Crippen LogP contribution in [0, 0.1) is 6.92 Å². The number of carbonyl (C=O) groups is 2. The van der Waals surface area contributed by atoms with E-state index in [0.29, 0.717) is 11.3 Å². The largest absolute Gasteiger partial charge is 0.480 e. The van der Waals surface area contributed by atoms with E-state index in [1.54, 1.807) is 6.92 Å². The normalized spacial score (nSPS) is 12.5. The van der Waals surface area contributed by atoms with Crippen LogP contribution in [0.2, 0.25) is 0 Å². The van der Waals surface area contributed by atoms with Crippen molar-refractivity contribution in [1.29, 1.82) is 0 Å². The molecule has 1 rings (SSSR count). The van der Waals surface area contributed by atoms with Gasteiger partial charge in [-0.2, -0.15) is 0 Å². The van der Waals surface area contributed by atoms with Gasteiger partial charge in [0.1, 0.15) is 11.7 Å². The smallest absolute Gasteiger partial charge is 0.352 e. The monoisotopic (exact) mass is 212 g/mol. The predicted octanol–water partition coefficient (Wildman–Crippen LogP) is 0.116. The summed E-state index contributed by atoms with van der Waals surface area (Å²) in [7, 11) is 1.48. The first-order valence-electron chi connectivity index (χ1n) is 4.24. The third kappa shape index (κ3) is 1.84. The van der Waals surface area contributed by atoms with Crippen molar-refractivity contribution in [3.63, 3.8) is 0 Å². The topological polar surface area (TPSA) is 106 Å². The fourth-order valence-corrected chi connectivity index (χ4v) is 1.55. The molecule has 15 heavy (non-hydrogen) atoms. The van der Waals surface area contributed by atoms with Crippen LogP contribution in [0.5, 0.6) is 0 Å². The summed E-state index contributed by atoms with van der Waals surface area (Å²) in [5.41, 5.74) is 6.33. The number of hydrogen-bond donors (Lipinski definition) is 3. The molecule has 0 aromatic carbocycles. The minimum absolute atomic E-state index is 0.0270. The molecular formula is C9H12N2O4. The number of aryl methyl sites for hydroxylation is 1. The summed E-state index contributed by atoms with van der Waals surface area (Å²) in [6.07, 6.45) is 0. The van der Waals surface area contributed by atoms with E-state index in [1.807, 2.05) is 0 Å². The van der Waals surface area contributed by atoms with E-state index in [4.69, 9.17) is 15.9 Å². The Morgan fingerprint density at radius 1 is 1.47 bits per heavy atom. The lowest BCUT2D eigenvalue weighted by molar-refractivity contribution is -0.138. The van der Waals surface area contributed by atoms with Crippen LogP contribution < -0.4 is 5.73 Å². The molecule has 6 nitrogen and oxygen atoms in total. The van der Waals surface area contributed by atoms with Crippen LogP contribution in [-0.2, 0) is 11.8 Å². The van der Waals surface area contributed by atoms with Crippen LogP contribution in [0.4, 0.5) is 0 Å². The lowest BCUT2D eigenvalue weighted by atomic mass is 10.1. The number of nitrogens with two attached hydrogens (primary N) is 1. The van der Waals surface area contributed by atoms with Crippen LogP contribution in [0.3, 0.4) is 0 Å². The number of aliphatic carboxylic acids is 1. The highest BCUT2D eigenvalue weighted by molar-refractivity contribution is 5.87. The van der Waals surface area contributed by atoms with Crippen molar-refractivity contribution in [3.8, 4) is 0 Å². The minimum Gasteiger partial charge on any atom is -0.480 e. The number of carboxylic acid groups (broad SMARTS) is 2. The molecule has 0 saturated heterocycles. The lowest BCUT2D eigenvalue weighted by Gasteiger charge is -2.10. The molecule has 1 heterocycles. The molecular weight excluding hydrogens is 200 g/mol. The molecule has 0 spiro atoms. The number of hydrogen-bond acceptors (Lipinski definition) is 3. The van der Waals surface area contributed by atoms with Gasteiger partial charge in [-0.3, -0.25) is 4.79 Å². The van der Waals surface area contributed by atoms with Crippen LogP contribution in [0.1, 0.15) is 27.8 Å². The Morgan fingerprint density at radius 2 is 2.00 bits per heavy atom. The predicted molar refractivity (Wildman–Crippen MR) is 51.7 cm³/mol. The Bertz CT molecular complexity index is 422. The Labute approximate surface area is 85.9 Å². The van der Waals surface area contributed by atoms with E-state index >= 15 is 0 Å². The number of carboxylic acids is 2. The zero-order chi connectivity index (χ0) is 11.7. The zero-order valence-electron chi connectivity index (χ0n) is 8.39. The third-order valence-electron chi connectivity index (χ3n) is 2.26. The Balaban J connectivity index is 3.31. The standard InChI is InChI=1S/C9H12N2O4/c1-4-3-5(8(12)13)11(2)7(4)6(10)9(14)15/h3,6H,10H2,1-2H3,(H,12,13)(H,14,15). The summed E-state index contributed by atoms with van der Waals surface area (Å²) in [6, 6.07) is 0.198. The summed E-state index contributed by atoms with van der Waals surface area (Å²) >= 11 is 0. The fraction of sp³-hybridized carbons (Fsp3) is 0.333. The second-order valence-electron chi connectivity index (χ2n) is 3.28. The Hall–Kier alpha value is -1.82. The molecule has 0 saturated carbocycles. The average Bonchev–Trinajstić information content (AvgIpc) is 2.41. The number of nitrogens with zero attached hydrogens (tertiary/aromatic N) is 1. The second kappa shape index (κ2) is 3.74. The molecule has 6 heteroatoms. The van der Waals surface area contributed by atoms with Crippen molar-refractivity contribution in [2.24, 2.45) is 12.8 Å². The van der Waals surface area contributed by atoms with Gasteiger partial charge < -0.3 is 20.5 Å². The van der Waals surface area contributed by atoms with E-state index < -0.39 is 18.0 Å². The molecule has 0 fully saturated rings. The van der Waals surface area contributed by atoms with Gasteiger partial charge in [-0.15, -0.1) is 0 Å². The molecule has 0 aliphatic heterocycles. The summed E-state index contributed by atoms with van der Waals surface area (Å²) in [4.78, 5) is 21.5. The molecule has 0 amide bonds. The van der Waals surface area contributed by atoms with E-state index in [1.165, 1.54) is 17.7 Å². The van der Waals surface area contributed by atoms with Gasteiger partial charge in [0.15, 0.2) is 0 Å². The van der Waals surface area contributed by atoms with Crippen LogP contribution in [-0.4, -0.2) is 26.7 Å². The van der Waals surface area contributed by atoms with Crippen LogP contribution in [0.25, 0.3) is 0 Å². The van der Waals surface area contributed by atoms with Gasteiger partial charge in [0.05, 0.1) is 0 Å². The van der Waals surface area contributed by atoms with Gasteiger partial charge >= 0.3 is 11.9 Å². The quantitative estimate of drug-likeness (QED) is 0.659. The molecule has 0 bridgehead atoms. The molecule has 0 aliphatic carbocycles. The lowest BCUT2D eigenvalue weighted by Crippen LogP contribution is -2.24. The first-order chi connectivity index (χ1) is 6.86. The maximum Gasteiger partial charge on any atom is 0.352 e. The van der Waals surface area contributed by atoms with Crippen molar-refractivity contribution < 1.29 is 19.8 Å². The molecule has 82 valence electrons. The second-order valence-corrected chi connectivity index (χ2v) is 3.28. The van der Waals surface area contributed by atoms with E-state index in [0.717, 1.165) is 0 Å². The molecule has 1 aromatic heterocycles. The third-order valence-corrected chi connectivity index (χ3v) is 2.26. The molecule has 1 aromatic rings. The first kappa shape index (κ1) is 11.3. The average molecular weight is 212 g/mol. The van der Waals surface area contributed by atoms with Crippen LogP contribution >= 0.6 is 0 Å². The zero-order valence-corrected chi connectivity index (χ0v) is 8.39. The van der Waals surface area contributed by atoms with Gasteiger partial charge in [-0.25, -0.2) is 4.79 Å². The number of aromatic carboxylic acids is 1. The Morgan fingerprint density at radius 3 is 2.33 bits per heavy atom. The van der Waals surface area contributed by atoms with Gasteiger partial charge in [0.2, 0.25) is 0 Å². The van der Waals surface area contributed by atoms with E-state index in [2.05, 4.69) is 0 Å².